The van der Waals surface area contributed by atoms with E-state index in [1.165, 1.54) is 0 Å². The molecule has 0 saturated carbocycles. The number of nitrogens with one attached hydrogen (secondary N) is 3. The van der Waals surface area contributed by atoms with E-state index in [2.05, 4.69) is 38.5 Å². The van der Waals surface area contributed by atoms with Crippen LogP contribution in [0.4, 0.5) is 16.2 Å². The average Bonchev–Trinajstić information content (AvgIpc) is 3.16. The van der Waals surface area contributed by atoms with Gasteiger partial charge in [-0.1, -0.05) is 0 Å². The minimum absolute atomic E-state index is 0.111. The molecule has 1 atom stereocenters. The van der Waals surface area contributed by atoms with Crippen molar-refractivity contribution in [3.05, 3.63) is 57.7 Å². The monoisotopic (exact) mass is 465 g/mol. The minimum atomic E-state index is -0.267. The summed E-state index contributed by atoms with van der Waals surface area (Å²) in [6.45, 7) is 1.28. The molecule has 6 nitrogen and oxygen atoms in total. The zero-order valence-corrected chi connectivity index (χ0v) is 16.3. The quantitative estimate of drug-likeness (QED) is 0.588. The van der Waals surface area contributed by atoms with E-state index in [0.717, 1.165) is 23.0 Å². The molecule has 3 rings (SSSR count). The highest BCUT2D eigenvalue weighted by molar-refractivity contribution is 14.1. The number of amides is 3. The lowest BCUT2D eigenvalue weighted by molar-refractivity contribution is 0.102. The van der Waals surface area contributed by atoms with Gasteiger partial charge in [-0.25, -0.2) is 4.79 Å². The van der Waals surface area contributed by atoms with Crippen molar-refractivity contribution >= 4 is 45.9 Å². The number of rotatable bonds is 5. The number of carbonyl (C=O) groups is 2. The first-order valence-electron chi connectivity index (χ1n) is 8.43. The average molecular weight is 465 g/mol. The van der Waals surface area contributed by atoms with Crippen molar-refractivity contribution < 1.29 is 14.3 Å². The van der Waals surface area contributed by atoms with Crippen molar-refractivity contribution in [3.8, 4) is 0 Å². The van der Waals surface area contributed by atoms with Crippen LogP contribution in [0.1, 0.15) is 23.2 Å². The Morgan fingerprint density at radius 3 is 2.27 bits per heavy atom. The molecule has 136 valence electrons. The van der Waals surface area contributed by atoms with Gasteiger partial charge in [0.15, 0.2) is 0 Å². The molecule has 2 aromatic rings. The van der Waals surface area contributed by atoms with Gasteiger partial charge in [0, 0.05) is 33.7 Å². The van der Waals surface area contributed by atoms with Gasteiger partial charge in [-0.05, 0) is 84.0 Å². The molecule has 1 unspecified atom stereocenters. The third-order valence-electron chi connectivity index (χ3n) is 4.02. The molecule has 26 heavy (non-hydrogen) atoms. The van der Waals surface area contributed by atoms with Crippen molar-refractivity contribution in [3.63, 3.8) is 0 Å². The minimum Gasteiger partial charge on any atom is -0.376 e. The van der Waals surface area contributed by atoms with Crippen molar-refractivity contribution in [2.24, 2.45) is 0 Å². The molecule has 1 aliphatic heterocycles. The van der Waals surface area contributed by atoms with Gasteiger partial charge in [-0.2, -0.15) is 0 Å². The first-order valence-corrected chi connectivity index (χ1v) is 9.51. The Kier molecular flexibility index (Phi) is 6.45. The summed E-state index contributed by atoms with van der Waals surface area (Å²) in [6, 6.07) is 14.1. The fraction of sp³-hybridized carbons (Fsp3) is 0.263. The zero-order chi connectivity index (χ0) is 18.4. The van der Waals surface area contributed by atoms with E-state index in [4.69, 9.17) is 4.74 Å². The Morgan fingerprint density at radius 1 is 1.00 bits per heavy atom. The molecule has 2 aromatic carbocycles. The second kappa shape index (κ2) is 9.00. The van der Waals surface area contributed by atoms with Gasteiger partial charge >= 0.3 is 6.03 Å². The predicted octanol–water partition coefficient (Wildman–Crippen LogP) is 3.84. The molecule has 1 aliphatic rings. The van der Waals surface area contributed by atoms with Gasteiger partial charge in [-0.15, -0.1) is 0 Å². The lowest BCUT2D eigenvalue weighted by Gasteiger charge is -2.12. The van der Waals surface area contributed by atoms with Gasteiger partial charge in [0.2, 0.25) is 0 Å². The Morgan fingerprint density at radius 2 is 1.65 bits per heavy atom. The molecule has 7 heteroatoms. The van der Waals surface area contributed by atoms with Crippen molar-refractivity contribution in [2.45, 2.75) is 18.9 Å². The van der Waals surface area contributed by atoms with Crippen LogP contribution < -0.4 is 16.0 Å². The summed E-state index contributed by atoms with van der Waals surface area (Å²) in [5.74, 6) is -0.170. The SMILES string of the molecule is O=C(NCC1CCCO1)Nc1ccc(NC(=O)c2ccc(I)cc2)cc1. The standard InChI is InChI=1S/C19H20IN3O3/c20-14-5-3-13(4-6-14)18(24)22-15-7-9-16(10-8-15)23-19(25)21-12-17-2-1-11-26-17/h3-10,17H,1-2,11-12H2,(H,22,24)(H2,21,23,25). The number of benzene rings is 2. The smallest absolute Gasteiger partial charge is 0.319 e. The zero-order valence-electron chi connectivity index (χ0n) is 14.1. The lowest BCUT2D eigenvalue weighted by atomic mass is 10.2. The summed E-state index contributed by atoms with van der Waals surface area (Å²) >= 11 is 2.19. The lowest BCUT2D eigenvalue weighted by Crippen LogP contribution is -2.35. The summed E-state index contributed by atoms with van der Waals surface area (Å²) in [5.41, 5.74) is 1.92. The second-order valence-corrected chi connectivity index (χ2v) is 7.25. The highest BCUT2D eigenvalue weighted by Crippen LogP contribution is 2.15. The molecule has 3 amide bonds. The Balaban J connectivity index is 1.48. The van der Waals surface area contributed by atoms with Gasteiger partial charge in [0.1, 0.15) is 0 Å². The Hall–Kier alpha value is -2.13. The van der Waals surface area contributed by atoms with Crippen molar-refractivity contribution in [1.29, 1.82) is 0 Å². The summed E-state index contributed by atoms with van der Waals surface area (Å²) in [4.78, 5) is 24.1. The van der Waals surface area contributed by atoms with Crippen LogP contribution in [-0.4, -0.2) is 31.2 Å². The van der Waals surface area contributed by atoms with Crippen LogP contribution in [0, 0.1) is 3.57 Å². The number of ether oxygens (including phenoxy) is 1. The normalized spacial score (nSPS) is 16.1. The maximum atomic E-state index is 12.2. The van der Waals surface area contributed by atoms with Crippen LogP contribution in [0.25, 0.3) is 0 Å². The summed E-state index contributed by atoms with van der Waals surface area (Å²) in [6.07, 6.45) is 2.14. The molecule has 3 N–H and O–H groups in total. The van der Waals surface area contributed by atoms with Gasteiger partial charge in [0.25, 0.3) is 5.91 Å². The van der Waals surface area contributed by atoms with E-state index in [1.807, 2.05) is 12.1 Å². The number of carbonyl (C=O) groups excluding carboxylic acids is 2. The largest absolute Gasteiger partial charge is 0.376 e. The molecular weight excluding hydrogens is 445 g/mol. The van der Waals surface area contributed by atoms with Crippen LogP contribution in [0.2, 0.25) is 0 Å². The van der Waals surface area contributed by atoms with E-state index in [-0.39, 0.29) is 18.0 Å². The maximum Gasteiger partial charge on any atom is 0.319 e. The first kappa shape index (κ1) is 18.7. The molecule has 1 saturated heterocycles. The number of urea groups is 1. The summed E-state index contributed by atoms with van der Waals surface area (Å²) < 4.78 is 6.54. The van der Waals surface area contributed by atoms with Crippen LogP contribution in [0.3, 0.4) is 0 Å². The van der Waals surface area contributed by atoms with E-state index < -0.39 is 0 Å². The highest BCUT2D eigenvalue weighted by Gasteiger charge is 2.16. The second-order valence-electron chi connectivity index (χ2n) is 6.01. The van der Waals surface area contributed by atoms with Crippen LogP contribution in [-0.2, 0) is 4.74 Å². The van der Waals surface area contributed by atoms with Gasteiger partial charge in [0.05, 0.1) is 6.10 Å². The van der Waals surface area contributed by atoms with Crippen LogP contribution in [0.5, 0.6) is 0 Å². The number of hydrogen-bond acceptors (Lipinski definition) is 3. The summed E-state index contributed by atoms with van der Waals surface area (Å²) in [5, 5.41) is 8.40. The Bertz CT molecular complexity index is 757. The molecule has 1 fully saturated rings. The third-order valence-corrected chi connectivity index (χ3v) is 4.74. The first-order chi connectivity index (χ1) is 12.6. The Labute approximate surface area is 165 Å². The van der Waals surface area contributed by atoms with E-state index >= 15 is 0 Å². The molecule has 0 aromatic heterocycles. The number of hydrogen-bond donors (Lipinski definition) is 3. The number of anilines is 2. The molecule has 0 aliphatic carbocycles. The number of halogens is 1. The molecule has 1 heterocycles. The highest BCUT2D eigenvalue weighted by atomic mass is 127. The topological polar surface area (TPSA) is 79.5 Å². The fourth-order valence-electron chi connectivity index (χ4n) is 2.63. The van der Waals surface area contributed by atoms with E-state index in [0.29, 0.717) is 23.5 Å². The fourth-order valence-corrected chi connectivity index (χ4v) is 2.99. The van der Waals surface area contributed by atoms with E-state index in [9.17, 15) is 9.59 Å². The molecule has 0 spiro atoms. The molecule has 0 radical (unpaired) electrons. The molecule has 0 bridgehead atoms. The third kappa shape index (κ3) is 5.43. The molecular formula is C19H20IN3O3. The van der Waals surface area contributed by atoms with Gasteiger partial charge in [-0.3, -0.25) is 4.79 Å². The van der Waals surface area contributed by atoms with Crippen LogP contribution in [0.15, 0.2) is 48.5 Å². The maximum absolute atomic E-state index is 12.2. The summed E-state index contributed by atoms with van der Waals surface area (Å²) in [7, 11) is 0. The predicted molar refractivity (Wildman–Crippen MR) is 110 cm³/mol. The van der Waals surface area contributed by atoms with Crippen molar-refractivity contribution in [1.82, 2.24) is 5.32 Å². The van der Waals surface area contributed by atoms with Crippen LogP contribution >= 0.6 is 22.6 Å². The van der Waals surface area contributed by atoms with Gasteiger partial charge < -0.3 is 20.7 Å². The van der Waals surface area contributed by atoms with Crippen molar-refractivity contribution in [2.75, 3.05) is 23.8 Å². The van der Waals surface area contributed by atoms with E-state index in [1.54, 1.807) is 36.4 Å².